The molecule has 2 aromatic carbocycles. The molecule has 21 heavy (non-hydrogen) atoms. The summed E-state index contributed by atoms with van der Waals surface area (Å²) in [5.41, 5.74) is 2.76. The van der Waals surface area contributed by atoms with Crippen LogP contribution in [0.3, 0.4) is 0 Å². The standard InChI is InChI=1S/C16H10FN3S/c17-13-8-6-11(7-9-13)14-10-20-16(18-14)21-15(19-20)12-4-2-1-3-5-12/h1-10H. The van der Waals surface area contributed by atoms with Gasteiger partial charge in [0.25, 0.3) is 0 Å². The Labute approximate surface area is 124 Å². The summed E-state index contributed by atoms with van der Waals surface area (Å²) < 4.78 is 14.7. The van der Waals surface area contributed by atoms with E-state index in [1.165, 1.54) is 23.5 Å². The van der Waals surface area contributed by atoms with Gasteiger partial charge in [0.15, 0.2) is 0 Å². The van der Waals surface area contributed by atoms with Crippen molar-refractivity contribution >= 4 is 16.3 Å². The molecule has 0 aliphatic carbocycles. The number of rotatable bonds is 2. The Morgan fingerprint density at radius 2 is 1.67 bits per heavy atom. The van der Waals surface area contributed by atoms with Gasteiger partial charge in [0.05, 0.1) is 11.9 Å². The molecule has 0 fully saturated rings. The summed E-state index contributed by atoms with van der Waals surface area (Å²) >= 11 is 1.54. The molecule has 4 rings (SSSR count). The van der Waals surface area contributed by atoms with E-state index in [2.05, 4.69) is 10.1 Å². The van der Waals surface area contributed by atoms with Gasteiger partial charge < -0.3 is 0 Å². The lowest BCUT2D eigenvalue weighted by Gasteiger charge is -1.95. The molecule has 0 aliphatic rings. The third-order valence-electron chi connectivity index (χ3n) is 3.20. The molecule has 0 N–H and O–H groups in total. The first-order valence-electron chi connectivity index (χ1n) is 6.47. The van der Waals surface area contributed by atoms with Crippen molar-refractivity contribution in [3.8, 4) is 21.8 Å². The van der Waals surface area contributed by atoms with E-state index in [0.29, 0.717) is 0 Å². The van der Waals surface area contributed by atoms with Crippen molar-refractivity contribution in [1.29, 1.82) is 0 Å². The van der Waals surface area contributed by atoms with Crippen LogP contribution in [0, 0.1) is 5.82 Å². The zero-order valence-corrected chi connectivity index (χ0v) is 11.7. The lowest BCUT2D eigenvalue weighted by molar-refractivity contribution is 0.628. The Kier molecular flexibility index (Phi) is 2.79. The number of fused-ring (bicyclic) bond motifs is 1. The average Bonchev–Trinajstić information content (AvgIpc) is 3.07. The van der Waals surface area contributed by atoms with Gasteiger partial charge in [-0.05, 0) is 24.3 Å². The highest BCUT2D eigenvalue weighted by molar-refractivity contribution is 7.19. The van der Waals surface area contributed by atoms with Crippen molar-refractivity contribution in [2.24, 2.45) is 0 Å². The van der Waals surface area contributed by atoms with Crippen LogP contribution in [-0.4, -0.2) is 14.6 Å². The van der Waals surface area contributed by atoms with Gasteiger partial charge in [0.2, 0.25) is 4.96 Å². The lowest BCUT2D eigenvalue weighted by Crippen LogP contribution is -1.82. The van der Waals surface area contributed by atoms with Gasteiger partial charge in [-0.15, -0.1) is 0 Å². The fourth-order valence-corrected chi connectivity index (χ4v) is 3.04. The van der Waals surface area contributed by atoms with E-state index in [9.17, 15) is 4.39 Å². The van der Waals surface area contributed by atoms with Gasteiger partial charge >= 0.3 is 0 Å². The zero-order chi connectivity index (χ0) is 14.2. The summed E-state index contributed by atoms with van der Waals surface area (Å²) in [7, 11) is 0. The molecule has 0 amide bonds. The molecule has 4 aromatic rings. The van der Waals surface area contributed by atoms with Gasteiger partial charge in [0, 0.05) is 11.1 Å². The summed E-state index contributed by atoms with van der Waals surface area (Å²) in [5, 5.41) is 5.48. The number of benzene rings is 2. The molecule has 2 aromatic heterocycles. The maximum absolute atomic E-state index is 13.0. The second kappa shape index (κ2) is 4.79. The molecule has 0 bridgehead atoms. The quantitative estimate of drug-likeness (QED) is 0.553. The smallest absolute Gasteiger partial charge is 0.213 e. The van der Waals surface area contributed by atoms with Crippen molar-refractivity contribution in [2.75, 3.05) is 0 Å². The van der Waals surface area contributed by atoms with Gasteiger partial charge in [-0.3, -0.25) is 0 Å². The first-order valence-corrected chi connectivity index (χ1v) is 7.29. The van der Waals surface area contributed by atoms with Crippen LogP contribution >= 0.6 is 11.3 Å². The zero-order valence-electron chi connectivity index (χ0n) is 10.9. The van der Waals surface area contributed by atoms with Gasteiger partial charge in [-0.2, -0.15) is 5.10 Å². The molecule has 0 saturated carbocycles. The minimum absolute atomic E-state index is 0.246. The average molecular weight is 295 g/mol. The van der Waals surface area contributed by atoms with Crippen molar-refractivity contribution in [2.45, 2.75) is 0 Å². The number of imidazole rings is 1. The maximum atomic E-state index is 13.0. The van der Waals surface area contributed by atoms with Crippen LogP contribution in [0.4, 0.5) is 4.39 Å². The number of nitrogens with zero attached hydrogens (tertiary/aromatic N) is 3. The molecular formula is C16H10FN3S. The molecule has 0 unspecified atom stereocenters. The molecule has 0 radical (unpaired) electrons. The maximum Gasteiger partial charge on any atom is 0.213 e. The topological polar surface area (TPSA) is 30.2 Å². The summed E-state index contributed by atoms with van der Waals surface area (Å²) in [5.74, 6) is -0.246. The SMILES string of the molecule is Fc1ccc(-c2cn3nc(-c4ccccc4)sc3n2)cc1. The fraction of sp³-hybridized carbons (Fsp3) is 0. The van der Waals surface area contributed by atoms with Crippen molar-refractivity contribution in [3.05, 3.63) is 66.6 Å². The van der Waals surface area contributed by atoms with Crippen LogP contribution in [0.2, 0.25) is 0 Å². The van der Waals surface area contributed by atoms with Crippen LogP contribution in [0.15, 0.2) is 60.8 Å². The van der Waals surface area contributed by atoms with Gasteiger partial charge in [-0.25, -0.2) is 13.9 Å². The molecular weight excluding hydrogens is 285 g/mol. The molecule has 5 heteroatoms. The Balaban J connectivity index is 1.75. The van der Waals surface area contributed by atoms with Crippen LogP contribution < -0.4 is 0 Å². The van der Waals surface area contributed by atoms with Crippen LogP contribution in [0.5, 0.6) is 0 Å². The first kappa shape index (κ1) is 12.2. The van der Waals surface area contributed by atoms with Gasteiger partial charge in [0.1, 0.15) is 10.8 Å². The fourth-order valence-electron chi connectivity index (χ4n) is 2.16. The van der Waals surface area contributed by atoms with E-state index in [1.807, 2.05) is 36.5 Å². The Morgan fingerprint density at radius 1 is 0.905 bits per heavy atom. The Hall–Kier alpha value is -2.53. The van der Waals surface area contributed by atoms with Crippen LogP contribution in [0.1, 0.15) is 0 Å². The second-order valence-electron chi connectivity index (χ2n) is 4.63. The molecule has 2 heterocycles. The predicted octanol–water partition coefficient (Wildman–Crippen LogP) is 4.26. The lowest BCUT2D eigenvalue weighted by atomic mass is 10.2. The van der Waals surface area contributed by atoms with Crippen molar-refractivity contribution in [3.63, 3.8) is 0 Å². The van der Waals surface area contributed by atoms with E-state index < -0.39 is 0 Å². The number of hydrogen-bond donors (Lipinski definition) is 0. The summed E-state index contributed by atoms with van der Waals surface area (Å²) in [4.78, 5) is 5.38. The highest BCUT2D eigenvalue weighted by Crippen LogP contribution is 2.27. The van der Waals surface area contributed by atoms with E-state index in [4.69, 9.17) is 0 Å². The largest absolute Gasteiger partial charge is 0.217 e. The molecule has 0 atom stereocenters. The highest BCUT2D eigenvalue weighted by atomic mass is 32.1. The third kappa shape index (κ3) is 2.21. The summed E-state index contributed by atoms with van der Waals surface area (Å²) in [6, 6.07) is 16.3. The number of hydrogen-bond acceptors (Lipinski definition) is 3. The van der Waals surface area contributed by atoms with E-state index in [-0.39, 0.29) is 5.82 Å². The Bertz CT molecular complexity index is 863. The van der Waals surface area contributed by atoms with Crippen molar-refractivity contribution in [1.82, 2.24) is 14.6 Å². The number of aromatic nitrogens is 3. The van der Waals surface area contributed by atoms with E-state index >= 15 is 0 Å². The highest BCUT2D eigenvalue weighted by Gasteiger charge is 2.10. The molecule has 102 valence electrons. The minimum atomic E-state index is -0.246. The van der Waals surface area contributed by atoms with E-state index in [1.54, 1.807) is 16.6 Å². The Morgan fingerprint density at radius 3 is 2.38 bits per heavy atom. The van der Waals surface area contributed by atoms with Crippen LogP contribution in [-0.2, 0) is 0 Å². The predicted molar refractivity (Wildman–Crippen MR) is 81.7 cm³/mol. The summed E-state index contributed by atoms with van der Waals surface area (Å²) in [6.45, 7) is 0. The van der Waals surface area contributed by atoms with Crippen LogP contribution in [0.25, 0.3) is 26.8 Å². The normalized spacial score (nSPS) is 11.1. The monoisotopic (exact) mass is 295 g/mol. The first-order chi connectivity index (χ1) is 10.3. The molecule has 3 nitrogen and oxygen atoms in total. The van der Waals surface area contributed by atoms with Gasteiger partial charge in [-0.1, -0.05) is 41.7 Å². The summed E-state index contributed by atoms with van der Waals surface area (Å²) in [6.07, 6.45) is 1.87. The molecule has 0 aliphatic heterocycles. The number of halogens is 1. The molecule has 0 spiro atoms. The second-order valence-corrected chi connectivity index (χ2v) is 5.59. The minimum Gasteiger partial charge on any atom is -0.217 e. The third-order valence-corrected chi connectivity index (χ3v) is 4.18. The van der Waals surface area contributed by atoms with E-state index in [0.717, 1.165) is 26.8 Å². The molecule has 0 saturated heterocycles. The van der Waals surface area contributed by atoms with Crippen molar-refractivity contribution < 1.29 is 4.39 Å².